The van der Waals surface area contributed by atoms with Crippen LogP contribution in [0.3, 0.4) is 0 Å². The molecule has 2 amide bonds. The number of rotatable bonds is 6. The zero-order valence-corrected chi connectivity index (χ0v) is 19.8. The summed E-state index contributed by atoms with van der Waals surface area (Å²) in [5.74, 6) is -1.44. The van der Waals surface area contributed by atoms with E-state index in [2.05, 4.69) is 37.2 Å². The number of amides is 2. The number of benzene rings is 2. The molecule has 1 aliphatic rings. The van der Waals surface area contributed by atoms with Gasteiger partial charge in [-0.1, -0.05) is 0 Å². The quantitative estimate of drug-likeness (QED) is 0.311. The number of hydrogen-bond donors (Lipinski definition) is 2. The molecule has 0 aliphatic carbocycles. The molecule has 0 radical (unpaired) electrons. The lowest BCUT2D eigenvalue weighted by molar-refractivity contribution is -0.139. The molecule has 3 rings (SSSR count). The minimum Gasteiger partial charge on any atom is -0.497 e. The van der Waals surface area contributed by atoms with Gasteiger partial charge < -0.3 is 14.6 Å². The second kappa shape index (κ2) is 9.58. The summed E-state index contributed by atoms with van der Waals surface area (Å²) in [6.45, 7) is -0.521. The number of carboxylic acids is 1. The third-order valence-electron chi connectivity index (χ3n) is 4.10. The van der Waals surface area contributed by atoms with E-state index in [4.69, 9.17) is 26.8 Å². The molecule has 160 valence electrons. The number of thiocarbonyl (C=S) groups is 1. The second-order valence-electron chi connectivity index (χ2n) is 6.15. The van der Waals surface area contributed by atoms with Crippen LogP contribution >= 0.6 is 44.1 Å². The second-order valence-corrected chi connectivity index (χ2v) is 8.25. The van der Waals surface area contributed by atoms with Gasteiger partial charge in [0, 0.05) is 0 Å². The Balaban J connectivity index is 1.95. The first kappa shape index (κ1) is 22.9. The molecule has 0 atom stereocenters. The predicted octanol–water partition coefficient (Wildman–Crippen LogP) is 3.51. The van der Waals surface area contributed by atoms with Crippen molar-refractivity contribution in [2.45, 2.75) is 0 Å². The summed E-state index contributed by atoms with van der Waals surface area (Å²) in [5, 5.41) is 11.3. The molecule has 1 fully saturated rings. The van der Waals surface area contributed by atoms with E-state index in [1.807, 2.05) is 0 Å². The van der Waals surface area contributed by atoms with Gasteiger partial charge in [-0.3, -0.25) is 19.8 Å². The highest BCUT2D eigenvalue weighted by molar-refractivity contribution is 9.11. The van der Waals surface area contributed by atoms with Crippen molar-refractivity contribution in [2.75, 3.05) is 18.6 Å². The van der Waals surface area contributed by atoms with Crippen LogP contribution in [0.4, 0.5) is 5.69 Å². The van der Waals surface area contributed by atoms with Gasteiger partial charge in [0.15, 0.2) is 11.7 Å². The van der Waals surface area contributed by atoms with Crippen molar-refractivity contribution >= 4 is 78.7 Å². The first-order chi connectivity index (χ1) is 14.7. The van der Waals surface area contributed by atoms with Crippen LogP contribution in [0.5, 0.6) is 11.5 Å². The maximum absolute atomic E-state index is 13.1. The summed E-state index contributed by atoms with van der Waals surface area (Å²) in [6, 6.07) is 9.85. The van der Waals surface area contributed by atoms with Gasteiger partial charge in [-0.25, -0.2) is 4.79 Å². The van der Waals surface area contributed by atoms with Gasteiger partial charge in [-0.2, -0.15) is 0 Å². The van der Waals surface area contributed by atoms with E-state index in [0.29, 0.717) is 25.9 Å². The molecule has 2 N–H and O–H groups in total. The molecule has 2 aromatic carbocycles. The number of anilines is 1. The molecule has 0 bridgehead atoms. The molecular formula is C20H14Br2N2O6S. The third kappa shape index (κ3) is 5.12. The molecule has 31 heavy (non-hydrogen) atoms. The fourth-order valence-electron chi connectivity index (χ4n) is 2.72. The molecule has 1 heterocycles. The summed E-state index contributed by atoms with van der Waals surface area (Å²) >= 11 is 11.8. The number of carbonyl (C=O) groups is 3. The van der Waals surface area contributed by atoms with E-state index in [9.17, 15) is 14.4 Å². The highest BCUT2D eigenvalue weighted by atomic mass is 79.9. The van der Waals surface area contributed by atoms with Crippen molar-refractivity contribution in [3.63, 3.8) is 0 Å². The first-order valence-corrected chi connectivity index (χ1v) is 10.6. The number of methoxy groups -OCH3 is 1. The van der Waals surface area contributed by atoms with Crippen LogP contribution in [0.25, 0.3) is 6.08 Å². The lowest BCUT2D eigenvalue weighted by atomic mass is 10.1. The van der Waals surface area contributed by atoms with Crippen LogP contribution in [0.2, 0.25) is 0 Å². The van der Waals surface area contributed by atoms with E-state index in [1.54, 1.807) is 36.4 Å². The van der Waals surface area contributed by atoms with Gasteiger partial charge >= 0.3 is 5.97 Å². The molecular weight excluding hydrogens is 556 g/mol. The van der Waals surface area contributed by atoms with Gasteiger partial charge in [0.2, 0.25) is 0 Å². The van der Waals surface area contributed by atoms with Crippen LogP contribution in [0.15, 0.2) is 50.9 Å². The zero-order chi connectivity index (χ0) is 22.7. The lowest BCUT2D eigenvalue weighted by Crippen LogP contribution is -2.54. The van der Waals surface area contributed by atoms with Crippen molar-refractivity contribution in [1.82, 2.24) is 5.32 Å². The zero-order valence-electron chi connectivity index (χ0n) is 15.8. The molecule has 1 aliphatic heterocycles. The van der Waals surface area contributed by atoms with Crippen molar-refractivity contribution in [3.8, 4) is 11.5 Å². The summed E-state index contributed by atoms with van der Waals surface area (Å²) < 4.78 is 11.2. The SMILES string of the molecule is COc1ccc(N2C(=O)C(=Cc3cc(Br)c(OCC(=O)O)c(Br)c3)C(=O)NC2=S)cc1. The van der Waals surface area contributed by atoms with Gasteiger partial charge in [-0.15, -0.1) is 0 Å². The van der Waals surface area contributed by atoms with Crippen molar-refractivity contribution < 1.29 is 29.0 Å². The molecule has 0 saturated carbocycles. The third-order valence-corrected chi connectivity index (χ3v) is 5.57. The number of nitrogens with zero attached hydrogens (tertiary/aromatic N) is 1. The monoisotopic (exact) mass is 568 g/mol. The Hall–Kier alpha value is -2.76. The van der Waals surface area contributed by atoms with Crippen LogP contribution in [0, 0.1) is 0 Å². The van der Waals surface area contributed by atoms with E-state index in [-0.39, 0.29) is 16.4 Å². The van der Waals surface area contributed by atoms with Crippen LogP contribution in [-0.4, -0.2) is 41.7 Å². The summed E-state index contributed by atoms with van der Waals surface area (Å²) in [4.78, 5) is 37.5. The Kier molecular flexibility index (Phi) is 7.08. The number of nitrogens with one attached hydrogen (secondary N) is 1. The van der Waals surface area contributed by atoms with Gasteiger partial charge in [0.25, 0.3) is 11.8 Å². The standard InChI is InChI=1S/C20H14Br2N2O6S/c1-29-12-4-2-11(3-5-12)24-19(28)13(18(27)23-20(24)31)6-10-7-14(21)17(15(22)8-10)30-9-16(25)26/h2-8H,9H2,1H3,(H,25,26)(H,23,27,31). The molecule has 0 spiro atoms. The van der Waals surface area contributed by atoms with Crippen LogP contribution in [-0.2, 0) is 14.4 Å². The Morgan fingerprint density at radius 1 is 1.19 bits per heavy atom. The number of halogens is 2. The number of hydrogen-bond acceptors (Lipinski definition) is 6. The van der Waals surface area contributed by atoms with E-state index in [1.165, 1.54) is 18.1 Å². The molecule has 11 heteroatoms. The van der Waals surface area contributed by atoms with Gasteiger partial charge in [0.1, 0.15) is 17.1 Å². The topological polar surface area (TPSA) is 105 Å². The molecule has 0 unspecified atom stereocenters. The van der Waals surface area contributed by atoms with E-state index >= 15 is 0 Å². The Morgan fingerprint density at radius 3 is 2.35 bits per heavy atom. The smallest absolute Gasteiger partial charge is 0.341 e. The maximum Gasteiger partial charge on any atom is 0.341 e. The highest BCUT2D eigenvalue weighted by Crippen LogP contribution is 2.35. The predicted molar refractivity (Wildman–Crippen MR) is 124 cm³/mol. The largest absolute Gasteiger partial charge is 0.497 e. The Bertz CT molecular complexity index is 1090. The minimum atomic E-state index is -1.12. The average molecular weight is 570 g/mol. The molecule has 0 aromatic heterocycles. The molecule has 2 aromatic rings. The summed E-state index contributed by atoms with van der Waals surface area (Å²) in [7, 11) is 1.53. The fraction of sp³-hybridized carbons (Fsp3) is 0.100. The van der Waals surface area contributed by atoms with E-state index in [0.717, 1.165) is 0 Å². The van der Waals surface area contributed by atoms with Crippen molar-refractivity contribution in [3.05, 3.63) is 56.5 Å². The summed E-state index contributed by atoms with van der Waals surface area (Å²) in [5.41, 5.74) is 0.853. The first-order valence-electron chi connectivity index (χ1n) is 8.60. The maximum atomic E-state index is 13.1. The number of aliphatic carboxylic acids is 1. The van der Waals surface area contributed by atoms with Crippen molar-refractivity contribution in [1.29, 1.82) is 0 Å². The molecule has 8 nitrogen and oxygen atoms in total. The van der Waals surface area contributed by atoms with Gasteiger partial charge in [-0.05, 0) is 92.1 Å². The minimum absolute atomic E-state index is 0.0305. The normalized spacial score (nSPS) is 15.1. The Morgan fingerprint density at radius 2 is 1.81 bits per heavy atom. The van der Waals surface area contributed by atoms with Crippen LogP contribution < -0.4 is 19.7 Å². The number of ether oxygens (including phenoxy) is 2. The van der Waals surface area contributed by atoms with Crippen molar-refractivity contribution in [2.24, 2.45) is 0 Å². The lowest BCUT2D eigenvalue weighted by Gasteiger charge is -2.29. The number of carboxylic acid groups (broad SMARTS) is 1. The average Bonchev–Trinajstić information content (AvgIpc) is 2.70. The van der Waals surface area contributed by atoms with Gasteiger partial charge in [0.05, 0.1) is 21.7 Å². The Labute approximate surface area is 199 Å². The fourth-order valence-corrected chi connectivity index (χ4v) is 4.46. The highest BCUT2D eigenvalue weighted by Gasteiger charge is 2.34. The van der Waals surface area contributed by atoms with Crippen LogP contribution in [0.1, 0.15) is 5.56 Å². The van der Waals surface area contributed by atoms with E-state index < -0.39 is 24.4 Å². The molecule has 1 saturated heterocycles. The number of carbonyl (C=O) groups excluding carboxylic acids is 2. The summed E-state index contributed by atoms with van der Waals surface area (Å²) in [6.07, 6.45) is 1.41.